The number of ether oxygens (including phenoxy) is 3. The lowest BCUT2D eigenvalue weighted by atomic mass is 10.0. The smallest absolute Gasteiger partial charge is 0.338 e. The third kappa shape index (κ3) is 17.0. The van der Waals surface area contributed by atoms with Gasteiger partial charge in [0.1, 0.15) is 18.8 Å². The molecule has 0 aliphatic heterocycles. The zero-order valence-electron chi connectivity index (χ0n) is 26.1. The monoisotopic (exact) mass is 591 g/mol. The van der Waals surface area contributed by atoms with Crippen molar-refractivity contribution in [3.8, 4) is 5.75 Å². The molecule has 0 aromatic heterocycles. The summed E-state index contributed by atoms with van der Waals surface area (Å²) in [4.78, 5) is 49.4. The van der Waals surface area contributed by atoms with Crippen LogP contribution in [0, 0.1) is 0 Å². The van der Waals surface area contributed by atoms with E-state index in [0.717, 1.165) is 24.2 Å². The molecule has 0 bridgehead atoms. The molecule has 0 atom stereocenters. The molecular formula is C33H53NO8. The molecule has 1 rings (SSSR count). The number of unbranched alkanes of at least 4 members (excludes halogenated alkanes) is 15. The molecule has 0 radical (unpaired) electrons. The van der Waals surface area contributed by atoms with Crippen molar-refractivity contribution >= 4 is 23.8 Å². The summed E-state index contributed by atoms with van der Waals surface area (Å²) in [7, 11) is 1.23. The Morgan fingerprint density at radius 1 is 0.690 bits per heavy atom. The number of nitrogens with zero attached hydrogens (tertiary/aromatic N) is 1. The van der Waals surface area contributed by atoms with Crippen molar-refractivity contribution < 1.29 is 38.5 Å². The van der Waals surface area contributed by atoms with E-state index in [1.807, 2.05) is 0 Å². The molecule has 1 aromatic rings. The summed E-state index contributed by atoms with van der Waals surface area (Å²) in [5.74, 6) is -3.10. The fraction of sp³-hybridized carbons (Fsp3) is 0.697. The van der Waals surface area contributed by atoms with Gasteiger partial charge < -0.3 is 24.2 Å². The average Bonchev–Trinajstić information content (AvgIpc) is 2.97. The van der Waals surface area contributed by atoms with Gasteiger partial charge in [0, 0.05) is 5.56 Å². The number of hydrogen-bond donors (Lipinski definition) is 1. The third-order valence-electron chi connectivity index (χ3n) is 7.08. The molecule has 1 N–H and O–H groups in total. The second kappa shape index (κ2) is 23.5. The molecule has 1 aromatic carbocycles. The molecular weight excluding hydrogens is 538 g/mol. The number of rotatable bonds is 25. The minimum Gasteiger partial charge on any atom is -0.494 e. The topological polar surface area (TPSA) is 119 Å². The first kappa shape index (κ1) is 36.9. The fourth-order valence-electron chi connectivity index (χ4n) is 4.79. The summed E-state index contributed by atoms with van der Waals surface area (Å²) in [6, 6.07) is 4.24. The predicted molar refractivity (Wildman–Crippen MR) is 163 cm³/mol. The van der Waals surface area contributed by atoms with Crippen LogP contribution in [0.25, 0.3) is 0 Å². The number of carbonyl (C=O) groups is 4. The minimum absolute atomic E-state index is 0.0189. The van der Waals surface area contributed by atoms with Gasteiger partial charge >= 0.3 is 17.9 Å². The van der Waals surface area contributed by atoms with Crippen LogP contribution in [-0.2, 0) is 19.1 Å². The summed E-state index contributed by atoms with van der Waals surface area (Å²) >= 11 is 0. The molecule has 0 fully saturated rings. The highest BCUT2D eigenvalue weighted by atomic mass is 16.5. The molecule has 1 amide bonds. The number of carbonyl (C=O) groups excluding carboxylic acids is 3. The van der Waals surface area contributed by atoms with Gasteiger partial charge in [-0.05, 0) is 31.5 Å². The van der Waals surface area contributed by atoms with E-state index in [1.165, 1.54) is 109 Å². The Labute approximate surface area is 252 Å². The number of esters is 2. The van der Waals surface area contributed by atoms with E-state index in [1.54, 1.807) is 6.92 Å². The quantitative estimate of drug-likeness (QED) is 0.0936. The van der Waals surface area contributed by atoms with E-state index in [-0.39, 0.29) is 17.7 Å². The molecule has 0 saturated heterocycles. The largest absolute Gasteiger partial charge is 0.494 e. The van der Waals surface area contributed by atoms with Crippen LogP contribution in [-0.4, -0.2) is 67.2 Å². The highest BCUT2D eigenvalue weighted by Gasteiger charge is 2.24. The highest BCUT2D eigenvalue weighted by Crippen LogP contribution is 2.21. The molecule has 0 aliphatic carbocycles. The Balaban J connectivity index is 2.44. The summed E-state index contributed by atoms with van der Waals surface area (Å²) in [6.07, 6.45) is 20.4. The van der Waals surface area contributed by atoms with Gasteiger partial charge in [0.15, 0.2) is 0 Å². The number of amides is 1. The molecule has 0 heterocycles. The fourth-order valence-corrected chi connectivity index (χ4v) is 4.79. The van der Waals surface area contributed by atoms with Gasteiger partial charge in [-0.1, -0.05) is 103 Å². The van der Waals surface area contributed by atoms with E-state index in [2.05, 4.69) is 6.92 Å². The number of hydrogen-bond acceptors (Lipinski definition) is 7. The van der Waals surface area contributed by atoms with Crippen molar-refractivity contribution in [2.24, 2.45) is 0 Å². The second-order valence-corrected chi connectivity index (χ2v) is 10.7. The zero-order valence-corrected chi connectivity index (χ0v) is 26.1. The van der Waals surface area contributed by atoms with E-state index in [0.29, 0.717) is 12.4 Å². The Morgan fingerprint density at radius 3 is 1.67 bits per heavy atom. The summed E-state index contributed by atoms with van der Waals surface area (Å²) in [5.41, 5.74) is 0.113. The molecule has 0 aliphatic rings. The van der Waals surface area contributed by atoms with Crippen LogP contribution in [0.3, 0.4) is 0 Å². The Kier molecular flexibility index (Phi) is 20.6. The molecule has 9 nitrogen and oxygen atoms in total. The summed E-state index contributed by atoms with van der Waals surface area (Å²) < 4.78 is 15.5. The predicted octanol–water partition coefficient (Wildman–Crippen LogP) is 7.20. The molecule has 0 unspecified atom stereocenters. The number of carboxylic acids is 1. The maximum Gasteiger partial charge on any atom is 0.338 e. The van der Waals surface area contributed by atoms with Gasteiger partial charge in [-0.2, -0.15) is 0 Å². The Morgan fingerprint density at radius 2 is 1.19 bits per heavy atom. The van der Waals surface area contributed by atoms with Gasteiger partial charge in [-0.15, -0.1) is 0 Å². The first-order valence-electron chi connectivity index (χ1n) is 15.8. The van der Waals surface area contributed by atoms with Gasteiger partial charge in [0.05, 0.1) is 25.9 Å². The van der Waals surface area contributed by atoms with Crippen LogP contribution in [0.15, 0.2) is 18.2 Å². The van der Waals surface area contributed by atoms with Crippen LogP contribution in [0.4, 0.5) is 0 Å². The normalized spacial score (nSPS) is 10.7. The Hall–Kier alpha value is -3.10. The molecule has 42 heavy (non-hydrogen) atoms. The number of aliphatic carboxylic acids is 1. The van der Waals surface area contributed by atoms with Crippen molar-refractivity contribution in [1.82, 2.24) is 4.90 Å². The van der Waals surface area contributed by atoms with Crippen LogP contribution in [0.5, 0.6) is 5.75 Å². The van der Waals surface area contributed by atoms with Crippen molar-refractivity contribution in [2.45, 2.75) is 117 Å². The van der Waals surface area contributed by atoms with Crippen LogP contribution in [0.1, 0.15) is 137 Å². The van der Waals surface area contributed by atoms with E-state index in [9.17, 15) is 24.3 Å². The zero-order chi connectivity index (χ0) is 31.0. The SMILES string of the molecule is CCCCCCCCCCCCCCCCCCOc1cc(C(=O)OC)cc(C(=O)N(CC(=O)O)CC(=O)OCC)c1. The van der Waals surface area contributed by atoms with Crippen LogP contribution in [0.2, 0.25) is 0 Å². The van der Waals surface area contributed by atoms with Crippen molar-refractivity contribution in [3.05, 3.63) is 29.3 Å². The van der Waals surface area contributed by atoms with Crippen molar-refractivity contribution in [1.29, 1.82) is 0 Å². The lowest BCUT2D eigenvalue weighted by molar-refractivity contribution is -0.145. The first-order chi connectivity index (χ1) is 20.3. The van der Waals surface area contributed by atoms with Crippen LogP contribution >= 0.6 is 0 Å². The van der Waals surface area contributed by atoms with Gasteiger partial charge in [-0.3, -0.25) is 14.4 Å². The molecule has 0 saturated carbocycles. The molecule has 9 heteroatoms. The maximum atomic E-state index is 13.1. The summed E-state index contributed by atoms with van der Waals surface area (Å²) in [6.45, 7) is 3.16. The van der Waals surface area contributed by atoms with Gasteiger partial charge in [0.25, 0.3) is 5.91 Å². The second-order valence-electron chi connectivity index (χ2n) is 10.7. The standard InChI is InChI=1S/C33H53NO8/c1-4-6-7-8-9-10-11-12-13-14-15-16-17-18-19-20-21-42-29-23-27(22-28(24-29)33(39)40-3)32(38)34(25-30(35)36)26-31(37)41-5-2/h22-24H,4-21,25-26H2,1-3H3,(H,35,36). The third-order valence-corrected chi connectivity index (χ3v) is 7.08. The van der Waals surface area contributed by atoms with E-state index >= 15 is 0 Å². The van der Waals surface area contributed by atoms with Gasteiger partial charge in [-0.25, -0.2) is 4.79 Å². The first-order valence-corrected chi connectivity index (χ1v) is 15.8. The van der Waals surface area contributed by atoms with Crippen molar-refractivity contribution in [2.75, 3.05) is 33.4 Å². The minimum atomic E-state index is -1.28. The van der Waals surface area contributed by atoms with Gasteiger partial charge in [0.2, 0.25) is 0 Å². The number of benzene rings is 1. The lowest BCUT2D eigenvalue weighted by Gasteiger charge is -2.20. The maximum absolute atomic E-state index is 13.1. The molecule has 238 valence electrons. The highest BCUT2D eigenvalue weighted by molar-refractivity contribution is 6.00. The number of methoxy groups -OCH3 is 1. The number of carboxylic acid groups (broad SMARTS) is 1. The van der Waals surface area contributed by atoms with E-state index in [4.69, 9.17) is 14.2 Å². The Bertz CT molecular complexity index is 933. The molecule has 0 spiro atoms. The average molecular weight is 592 g/mol. The lowest BCUT2D eigenvalue weighted by Crippen LogP contribution is -2.40. The van der Waals surface area contributed by atoms with Crippen molar-refractivity contribution in [3.63, 3.8) is 0 Å². The van der Waals surface area contributed by atoms with Crippen LogP contribution < -0.4 is 4.74 Å². The van der Waals surface area contributed by atoms with E-state index < -0.39 is 36.9 Å². The summed E-state index contributed by atoms with van der Waals surface area (Å²) in [5, 5.41) is 9.23.